The Morgan fingerprint density at radius 3 is 2.84 bits per heavy atom. The zero-order valence-electron chi connectivity index (χ0n) is 10.9. The van der Waals surface area contributed by atoms with Gasteiger partial charge in [-0.1, -0.05) is 18.0 Å². The van der Waals surface area contributed by atoms with Crippen LogP contribution in [0.1, 0.15) is 36.2 Å². The van der Waals surface area contributed by atoms with Crippen molar-refractivity contribution in [3.63, 3.8) is 0 Å². The Bertz CT molecular complexity index is 421. The van der Waals surface area contributed by atoms with E-state index in [0.29, 0.717) is 6.54 Å². The van der Waals surface area contributed by atoms with Gasteiger partial charge >= 0.3 is 0 Å². The first kappa shape index (κ1) is 14.2. The molecule has 1 amide bonds. The van der Waals surface area contributed by atoms with Crippen molar-refractivity contribution in [1.82, 2.24) is 20.2 Å². The number of carbonyl (C=O) groups is 1. The fourth-order valence-corrected chi connectivity index (χ4v) is 2.38. The minimum atomic E-state index is -0.214. The average molecular weight is 283 g/mol. The second-order valence-electron chi connectivity index (χ2n) is 4.74. The molecule has 1 aliphatic rings. The van der Waals surface area contributed by atoms with Crippen molar-refractivity contribution in [2.75, 3.05) is 26.2 Å². The van der Waals surface area contributed by atoms with E-state index in [4.69, 9.17) is 11.6 Å². The molecular weight excluding hydrogens is 264 g/mol. The number of halogens is 1. The van der Waals surface area contributed by atoms with Gasteiger partial charge in [-0.3, -0.25) is 9.78 Å². The number of hydrogen-bond donors (Lipinski definition) is 1. The number of rotatable bonds is 5. The first-order chi connectivity index (χ1) is 9.25. The molecule has 1 fully saturated rings. The molecule has 19 heavy (non-hydrogen) atoms. The zero-order chi connectivity index (χ0) is 13.5. The van der Waals surface area contributed by atoms with Crippen LogP contribution in [-0.2, 0) is 0 Å². The zero-order valence-corrected chi connectivity index (χ0v) is 11.7. The minimum Gasteiger partial charge on any atom is -0.351 e. The van der Waals surface area contributed by atoms with Crippen LogP contribution in [0.2, 0.25) is 5.15 Å². The van der Waals surface area contributed by atoms with Crippen molar-refractivity contribution < 1.29 is 4.79 Å². The van der Waals surface area contributed by atoms with Gasteiger partial charge in [0.1, 0.15) is 10.8 Å². The molecule has 0 radical (unpaired) electrons. The molecule has 0 aliphatic carbocycles. The summed E-state index contributed by atoms with van der Waals surface area (Å²) in [5, 5.41) is 3.08. The molecule has 1 saturated heterocycles. The first-order valence-electron chi connectivity index (χ1n) is 6.74. The smallest absolute Gasteiger partial charge is 0.271 e. The van der Waals surface area contributed by atoms with E-state index in [1.807, 2.05) is 0 Å². The van der Waals surface area contributed by atoms with Crippen LogP contribution < -0.4 is 5.32 Å². The third kappa shape index (κ3) is 4.76. The SMILES string of the molecule is O=C(NCCCN1CCCCC1)c1cncc(Cl)n1. The maximum Gasteiger partial charge on any atom is 0.271 e. The summed E-state index contributed by atoms with van der Waals surface area (Å²) in [5.74, 6) is -0.214. The number of nitrogens with zero attached hydrogens (tertiary/aromatic N) is 3. The maximum absolute atomic E-state index is 11.8. The number of carbonyl (C=O) groups excluding carboxylic acids is 1. The van der Waals surface area contributed by atoms with E-state index in [9.17, 15) is 4.79 Å². The molecule has 0 bridgehead atoms. The van der Waals surface area contributed by atoms with Gasteiger partial charge in [-0.2, -0.15) is 0 Å². The summed E-state index contributed by atoms with van der Waals surface area (Å²) >= 11 is 5.69. The minimum absolute atomic E-state index is 0.214. The lowest BCUT2D eigenvalue weighted by Gasteiger charge is -2.26. The van der Waals surface area contributed by atoms with E-state index >= 15 is 0 Å². The molecule has 1 aromatic rings. The lowest BCUT2D eigenvalue weighted by atomic mass is 10.1. The molecule has 0 spiro atoms. The molecule has 6 heteroatoms. The number of likely N-dealkylation sites (tertiary alicyclic amines) is 1. The van der Waals surface area contributed by atoms with E-state index in [0.717, 1.165) is 13.0 Å². The Labute approximate surface area is 118 Å². The van der Waals surface area contributed by atoms with Crippen LogP contribution in [0, 0.1) is 0 Å². The van der Waals surface area contributed by atoms with Crippen molar-refractivity contribution in [1.29, 1.82) is 0 Å². The van der Waals surface area contributed by atoms with Crippen LogP contribution in [0.4, 0.5) is 0 Å². The molecule has 0 atom stereocenters. The molecule has 0 saturated carbocycles. The van der Waals surface area contributed by atoms with Crippen LogP contribution in [0.3, 0.4) is 0 Å². The molecule has 0 aromatic carbocycles. The van der Waals surface area contributed by atoms with Crippen LogP contribution in [0.15, 0.2) is 12.4 Å². The van der Waals surface area contributed by atoms with Gasteiger partial charge < -0.3 is 10.2 Å². The highest BCUT2D eigenvalue weighted by Gasteiger charge is 2.10. The van der Waals surface area contributed by atoms with E-state index in [1.165, 1.54) is 44.7 Å². The monoisotopic (exact) mass is 282 g/mol. The van der Waals surface area contributed by atoms with Crippen molar-refractivity contribution in [2.45, 2.75) is 25.7 Å². The highest BCUT2D eigenvalue weighted by molar-refractivity contribution is 6.29. The molecule has 1 N–H and O–H groups in total. The Kier molecular flexibility index (Phi) is 5.54. The Morgan fingerprint density at radius 1 is 1.32 bits per heavy atom. The summed E-state index contributed by atoms with van der Waals surface area (Å²) in [7, 11) is 0. The Morgan fingerprint density at radius 2 is 2.11 bits per heavy atom. The normalized spacial score (nSPS) is 16.3. The van der Waals surface area contributed by atoms with Crippen LogP contribution in [0.25, 0.3) is 0 Å². The third-order valence-electron chi connectivity index (χ3n) is 3.22. The molecule has 2 rings (SSSR count). The summed E-state index contributed by atoms with van der Waals surface area (Å²) in [6.45, 7) is 4.08. The van der Waals surface area contributed by atoms with Gasteiger partial charge in [0.2, 0.25) is 0 Å². The average Bonchev–Trinajstić information content (AvgIpc) is 2.44. The van der Waals surface area contributed by atoms with Gasteiger partial charge in [0.05, 0.1) is 12.4 Å². The van der Waals surface area contributed by atoms with Gasteiger partial charge in [-0.05, 0) is 38.9 Å². The number of nitrogens with one attached hydrogen (secondary N) is 1. The first-order valence-corrected chi connectivity index (χ1v) is 7.11. The Hall–Kier alpha value is -1.20. The summed E-state index contributed by atoms with van der Waals surface area (Å²) in [6.07, 6.45) is 7.73. The summed E-state index contributed by atoms with van der Waals surface area (Å²) in [6, 6.07) is 0. The summed E-state index contributed by atoms with van der Waals surface area (Å²) in [5.41, 5.74) is 0.269. The van der Waals surface area contributed by atoms with Gasteiger partial charge in [0.15, 0.2) is 0 Å². The molecule has 1 aromatic heterocycles. The molecule has 1 aliphatic heterocycles. The molecule has 5 nitrogen and oxygen atoms in total. The van der Waals surface area contributed by atoms with Crippen molar-refractivity contribution in [3.05, 3.63) is 23.2 Å². The van der Waals surface area contributed by atoms with Crippen LogP contribution in [-0.4, -0.2) is 47.0 Å². The third-order valence-corrected chi connectivity index (χ3v) is 3.41. The predicted molar refractivity (Wildman–Crippen MR) is 74.3 cm³/mol. The topological polar surface area (TPSA) is 58.1 Å². The maximum atomic E-state index is 11.8. The largest absolute Gasteiger partial charge is 0.351 e. The quantitative estimate of drug-likeness (QED) is 0.836. The Balaban J connectivity index is 1.66. The molecule has 0 unspecified atom stereocenters. The van der Waals surface area contributed by atoms with E-state index < -0.39 is 0 Å². The molecular formula is C13H19ClN4O. The van der Waals surface area contributed by atoms with Gasteiger partial charge in [0.25, 0.3) is 5.91 Å². The predicted octanol–water partition coefficient (Wildman–Crippen LogP) is 1.74. The number of aromatic nitrogens is 2. The van der Waals surface area contributed by atoms with E-state index in [-0.39, 0.29) is 16.8 Å². The standard InChI is InChI=1S/C13H19ClN4O/c14-12-10-15-9-11(17-12)13(19)16-5-4-8-18-6-2-1-3-7-18/h9-10H,1-8H2,(H,16,19). The van der Waals surface area contributed by atoms with Crippen molar-refractivity contribution in [3.8, 4) is 0 Å². The lowest BCUT2D eigenvalue weighted by molar-refractivity contribution is 0.0945. The second-order valence-corrected chi connectivity index (χ2v) is 5.13. The lowest BCUT2D eigenvalue weighted by Crippen LogP contribution is -2.33. The fraction of sp³-hybridized carbons (Fsp3) is 0.615. The van der Waals surface area contributed by atoms with E-state index in [2.05, 4.69) is 20.2 Å². The fourth-order valence-electron chi connectivity index (χ4n) is 2.23. The van der Waals surface area contributed by atoms with Gasteiger partial charge in [-0.25, -0.2) is 4.98 Å². The number of piperidine rings is 1. The second kappa shape index (κ2) is 7.40. The van der Waals surface area contributed by atoms with Gasteiger partial charge in [0, 0.05) is 6.54 Å². The van der Waals surface area contributed by atoms with Crippen LogP contribution >= 0.6 is 11.6 Å². The highest BCUT2D eigenvalue weighted by Crippen LogP contribution is 2.08. The van der Waals surface area contributed by atoms with Crippen molar-refractivity contribution >= 4 is 17.5 Å². The van der Waals surface area contributed by atoms with Crippen LogP contribution in [0.5, 0.6) is 0 Å². The number of amides is 1. The summed E-state index contributed by atoms with van der Waals surface area (Å²) < 4.78 is 0. The van der Waals surface area contributed by atoms with E-state index in [1.54, 1.807) is 0 Å². The summed E-state index contributed by atoms with van der Waals surface area (Å²) in [4.78, 5) is 22.0. The van der Waals surface area contributed by atoms with Crippen molar-refractivity contribution in [2.24, 2.45) is 0 Å². The number of hydrogen-bond acceptors (Lipinski definition) is 4. The van der Waals surface area contributed by atoms with Gasteiger partial charge in [-0.15, -0.1) is 0 Å². The highest BCUT2D eigenvalue weighted by atomic mass is 35.5. The molecule has 2 heterocycles. The molecule has 104 valence electrons.